The highest BCUT2D eigenvalue weighted by molar-refractivity contribution is 8.03. The molecule has 2 aromatic carbocycles. The van der Waals surface area contributed by atoms with E-state index in [-0.39, 0.29) is 11.7 Å². The van der Waals surface area contributed by atoms with Crippen molar-refractivity contribution in [3.05, 3.63) is 69.7 Å². The van der Waals surface area contributed by atoms with Gasteiger partial charge < -0.3 is 0 Å². The molecule has 1 amide bonds. The number of carbonyl (C=O) groups is 1. The van der Waals surface area contributed by atoms with Gasteiger partial charge in [0.15, 0.2) is 8.68 Å². The molecule has 0 saturated heterocycles. The molecular formula is C18H14Cl2N4OS3. The van der Waals surface area contributed by atoms with E-state index >= 15 is 0 Å². The number of carbonyl (C=O) groups excluding carboxylic acids is 1. The number of aromatic nitrogens is 2. The number of hydrazone groups is 1. The Bertz CT molecular complexity index is 966. The molecule has 10 heteroatoms. The number of benzene rings is 2. The summed E-state index contributed by atoms with van der Waals surface area (Å²) in [7, 11) is 0. The lowest BCUT2D eigenvalue weighted by Gasteiger charge is -2.00. The van der Waals surface area contributed by atoms with Crippen LogP contribution in [-0.4, -0.2) is 28.1 Å². The molecule has 1 N–H and O–H groups in total. The fourth-order valence-electron chi connectivity index (χ4n) is 1.99. The number of hydrogen-bond donors (Lipinski definition) is 1. The topological polar surface area (TPSA) is 67.2 Å². The van der Waals surface area contributed by atoms with Crippen molar-refractivity contribution >= 4 is 70.2 Å². The van der Waals surface area contributed by atoms with Crippen LogP contribution < -0.4 is 5.43 Å². The van der Waals surface area contributed by atoms with E-state index in [1.165, 1.54) is 34.9 Å². The molecule has 3 aromatic rings. The second-order valence-electron chi connectivity index (χ2n) is 5.33. The highest BCUT2D eigenvalue weighted by atomic mass is 35.5. The molecule has 0 aliphatic heterocycles. The molecular weight excluding hydrogens is 455 g/mol. The van der Waals surface area contributed by atoms with E-state index in [4.69, 9.17) is 23.2 Å². The second-order valence-corrected chi connectivity index (χ2v) is 9.54. The Kier molecular flexibility index (Phi) is 8.17. The monoisotopic (exact) mass is 468 g/mol. The van der Waals surface area contributed by atoms with Gasteiger partial charge in [0.25, 0.3) is 5.91 Å². The van der Waals surface area contributed by atoms with E-state index < -0.39 is 0 Å². The highest BCUT2D eigenvalue weighted by Gasteiger charge is 2.09. The van der Waals surface area contributed by atoms with Crippen molar-refractivity contribution in [3.8, 4) is 0 Å². The maximum Gasteiger partial charge on any atom is 0.250 e. The predicted octanol–water partition coefficient (Wildman–Crippen LogP) is 5.38. The zero-order valence-corrected chi connectivity index (χ0v) is 18.3. The first-order chi connectivity index (χ1) is 13.6. The number of thioether (sulfide) groups is 2. The quantitative estimate of drug-likeness (QED) is 0.273. The predicted molar refractivity (Wildman–Crippen MR) is 119 cm³/mol. The van der Waals surface area contributed by atoms with Crippen LogP contribution >= 0.6 is 58.1 Å². The van der Waals surface area contributed by atoms with Gasteiger partial charge >= 0.3 is 0 Å². The summed E-state index contributed by atoms with van der Waals surface area (Å²) in [5, 5.41) is 13.0. The summed E-state index contributed by atoms with van der Waals surface area (Å²) in [6.07, 6.45) is 1.46. The Morgan fingerprint density at radius 3 is 2.61 bits per heavy atom. The minimum Gasteiger partial charge on any atom is -0.272 e. The average molecular weight is 469 g/mol. The zero-order chi connectivity index (χ0) is 19.8. The van der Waals surface area contributed by atoms with Crippen LogP contribution in [0.3, 0.4) is 0 Å². The summed E-state index contributed by atoms with van der Waals surface area (Å²) >= 11 is 16.4. The molecule has 28 heavy (non-hydrogen) atoms. The Hall–Kier alpha value is -1.58. The molecule has 0 aliphatic carbocycles. The van der Waals surface area contributed by atoms with Crippen molar-refractivity contribution in [3.63, 3.8) is 0 Å². The molecule has 0 unspecified atom stereocenters. The van der Waals surface area contributed by atoms with Gasteiger partial charge in [0.05, 0.1) is 22.0 Å². The molecule has 0 aliphatic rings. The van der Waals surface area contributed by atoms with Gasteiger partial charge in [-0.2, -0.15) is 5.10 Å². The molecule has 5 nitrogen and oxygen atoms in total. The third kappa shape index (κ3) is 6.49. The summed E-state index contributed by atoms with van der Waals surface area (Å²) in [6, 6.07) is 15.4. The number of nitrogens with one attached hydrogen (secondary N) is 1. The van der Waals surface area contributed by atoms with Gasteiger partial charge in [-0.15, -0.1) is 10.2 Å². The molecule has 0 radical (unpaired) electrons. The average Bonchev–Trinajstić information content (AvgIpc) is 3.17. The fraction of sp³-hybridized carbons (Fsp3) is 0.111. The number of hydrogen-bond acceptors (Lipinski definition) is 7. The molecule has 0 spiro atoms. The van der Waals surface area contributed by atoms with Gasteiger partial charge in [0.2, 0.25) is 0 Å². The van der Waals surface area contributed by atoms with E-state index in [2.05, 4.69) is 32.9 Å². The van der Waals surface area contributed by atoms with Crippen molar-refractivity contribution in [1.82, 2.24) is 15.6 Å². The standard InChI is InChI=1S/C18H14Cl2N4OS3/c19-14-8-4-7-13(16(14)20)9-21-22-15(25)11-27-18-24-23-17(28-18)26-10-12-5-2-1-3-6-12/h1-9H,10-11H2,(H,22,25)/b21-9-. The largest absolute Gasteiger partial charge is 0.272 e. The lowest BCUT2D eigenvalue weighted by Crippen LogP contribution is -2.19. The fourth-order valence-corrected chi connectivity index (χ4v) is 5.11. The summed E-state index contributed by atoms with van der Waals surface area (Å²) in [5.74, 6) is 0.785. The van der Waals surface area contributed by atoms with Crippen LogP contribution in [-0.2, 0) is 10.5 Å². The smallest absolute Gasteiger partial charge is 0.250 e. The van der Waals surface area contributed by atoms with Gasteiger partial charge in [0.1, 0.15) is 0 Å². The lowest BCUT2D eigenvalue weighted by molar-refractivity contribution is -0.118. The first-order valence-corrected chi connectivity index (χ1v) is 11.5. The van der Waals surface area contributed by atoms with Crippen LogP contribution in [0.15, 0.2) is 62.3 Å². The van der Waals surface area contributed by atoms with Crippen LogP contribution in [0.2, 0.25) is 10.0 Å². The number of halogens is 2. The molecule has 3 rings (SSSR count). The van der Waals surface area contributed by atoms with E-state index in [0.29, 0.717) is 15.6 Å². The molecule has 0 bridgehead atoms. The van der Waals surface area contributed by atoms with Gasteiger partial charge in [-0.05, 0) is 11.6 Å². The van der Waals surface area contributed by atoms with E-state index in [1.807, 2.05) is 18.2 Å². The third-order valence-electron chi connectivity index (χ3n) is 3.29. The Morgan fingerprint density at radius 2 is 1.82 bits per heavy atom. The Labute approximate surface area is 184 Å². The number of nitrogens with zero attached hydrogens (tertiary/aromatic N) is 3. The van der Waals surface area contributed by atoms with Crippen LogP contribution in [0.1, 0.15) is 11.1 Å². The van der Waals surface area contributed by atoms with Crippen LogP contribution in [0.5, 0.6) is 0 Å². The molecule has 1 aromatic heterocycles. The minimum atomic E-state index is -0.243. The lowest BCUT2D eigenvalue weighted by atomic mass is 10.2. The van der Waals surface area contributed by atoms with Crippen molar-refractivity contribution in [1.29, 1.82) is 0 Å². The van der Waals surface area contributed by atoms with Crippen LogP contribution in [0, 0.1) is 0 Å². The molecule has 1 heterocycles. The molecule has 0 fully saturated rings. The number of amides is 1. The van der Waals surface area contributed by atoms with Crippen molar-refractivity contribution in [2.24, 2.45) is 5.10 Å². The summed E-state index contributed by atoms with van der Waals surface area (Å²) < 4.78 is 1.62. The van der Waals surface area contributed by atoms with Gasteiger partial charge in [-0.3, -0.25) is 4.79 Å². The maximum absolute atomic E-state index is 11.9. The Morgan fingerprint density at radius 1 is 1.07 bits per heavy atom. The van der Waals surface area contributed by atoms with Crippen LogP contribution in [0.25, 0.3) is 0 Å². The molecule has 0 saturated carbocycles. The molecule has 144 valence electrons. The van der Waals surface area contributed by atoms with E-state index in [1.54, 1.807) is 30.0 Å². The first-order valence-electron chi connectivity index (χ1n) is 8.01. The van der Waals surface area contributed by atoms with E-state index in [9.17, 15) is 4.79 Å². The summed E-state index contributed by atoms with van der Waals surface area (Å²) in [6.45, 7) is 0. The first kappa shape index (κ1) is 21.1. The summed E-state index contributed by atoms with van der Waals surface area (Å²) in [5.41, 5.74) is 4.32. The molecule has 0 atom stereocenters. The maximum atomic E-state index is 11.9. The van der Waals surface area contributed by atoms with Crippen molar-refractivity contribution in [2.45, 2.75) is 14.4 Å². The second kappa shape index (κ2) is 10.8. The third-order valence-corrected chi connectivity index (χ3v) is 7.39. The normalized spacial score (nSPS) is 11.1. The van der Waals surface area contributed by atoms with E-state index in [0.717, 1.165) is 14.4 Å². The van der Waals surface area contributed by atoms with Crippen molar-refractivity contribution < 1.29 is 4.79 Å². The van der Waals surface area contributed by atoms with Crippen molar-refractivity contribution in [2.75, 3.05) is 5.75 Å². The summed E-state index contributed by atoms with van der Waals surface area (Å²) in [4.78, 5) is 11.9. The highest BCUT2D eigenvalue weighted by Crippen LogP contribution is 2.30. The SMILES string of the molecule is O=C(CSc1nnc(SCc2ccccc2)s1)N/N=C\c1cccc(Cl)c1Cl. The van der Waals surface area contributed by atoms with Gasteiger partial charge in [0, 0.05) is 11.3 Å². The van der Waals surface area contributed by atoms with Gasteiger partial charge in [-0.25, -0.2) is 5.43 Å². The number of rotatable bonds is 8. The van der Waals surface area contributed by atoms with Gasteiger partial charge in [-0.1, -0.05) is 101 Å². The van der Waals surface area contributed by atoms with Crippen LogP contribution in [0.4, 0.5) is 0 Å². The minimum absolute atomic E-state index is 0.193. The Balaban J connectivity index is 1.43. The zero-order valence-electron chi connectivity index (χ0n) is 14.3.